The van der Waals surface area contributed by atoms with Gasteiger partial charge in [-0.1, -0.05) is 12.1 Å². The van der Waals surface area contributed by atoms with Crippen molar-refractivity contribution in [2.24, 2.45) is 0 Å². The molecule has 1 atom stereocenters. The van der Waals surface area contributed by atoms with Crippen molar-refractivity contribution in [3.8, 4) is 11.5 Å². The monoisotopic (exact) mass is 544 g/mol. The van der Waals surface area contributed by atoms with Crippen molar-refractivity contribution < 1.29 is 40.0 Å². The number of carbonyl (C=O) groups excluding carboxylic acids is 1. The Morgan fingerprint density at radius 2 is 1.86 bits per heavy atom. The first-order valence-corrected chi connectivity index (χ1v) is 13.1. The molecule has 2 aromatic carbocycles. The van der Waals surface area contributed by atoms with E-state index in [2.05, 4.69) is 5.32 Å². The normalized spacial score (nSPS) is 16.4. The highest BCUT2D eigenvalue weighted by Gasteiger charge is 2.32. The molecular weight excluding hydrogens is 513 g/mol. The first-order chi connectivity index (χ1) is 17.2. The fourth-order valence-electron chi connectivity index (χ4n) is 3.75. The Morgan fingerprint density at radius 1 is 1.14 bits per heavy atom. The first-order valence-electron chi connectivity index (χ1n) is 11.7. The summed E-state index contributed by atoms with van der Waals surface area (Å²) in [5.41, 5.74) is -1.08. The highest BCUT2D eigenvalue weighted by atomic mass is 32.2. The number of nitrogens with one attached hydrogen (secondary N) is 1. The van der Waals surface area contributed by atoms with E-state index in [-0.39, 0.29) is 30.2 Å². The smallest absolute Gasteiger partial charge is 0.416 e. The van der Waals surface area contributed by atoms with Crippen molar-refractivity contribution in [2.75, 3.05) is 20.3 Å². The van der Waals surface area contributed by atoms with E-state index in [1.165, 1.54) is 19.2 Å². The fourth-order valence-corrected chi connectivity index (χ4v) is 4.73. The standard InChI is InChI=1S/C25H31F3N2O6S/c1-24(2,3)29-23(31)30(16-19-8-6-12-35-19)15-17-10-11-21(34-4)22(13-17)36-37(32,33)20-9-5-7-18(14-20)25(26,27)28/h5,7,9-11,13-14,19H,6,8,12,15-16H2,1-4H3,(H,29,31)/t19-/m1/s1. The van der Waals surface area contributed by atoms with Crippen molar-refractivity contribution in [3.63, 3.8) is 0 Å². The van der Waals surface area contributed by atoms with Gasteiger partial charge in [0.25, 0.3) is 0 Å². The average Bonchev–Trinajstić information content (AvgIpc) is 3.30. The highest BCUT2D eigenvalue weighted by molar-refractivity contribution is 7.87. The summed E-state index contributed by atoms with van der Waals surface area (Å²) in [4.78, 5) is 13.9. The van der Waals surface area contributed by atoms with Gasteiger partial charge in [-0.15, -0.1) is 0 Å². The van der Waals surface area contributed by atoms with Crippen LogP contribution in [0, 0.1) is 0 Å². The summed E-state index contributed by atoms with van der Waals surface area (Å²) < 4.78 is 81.0. The summed E-state index contributed by atoms with van der Waals surface area (Å²) in [6.07, 6.45) is -3.14. The van der Waals surface area contributed by atoms with E-state index in [4.69, 9.17) is 13.7 Å². The third-order valence-corrected chi connectivity index (χ3v) is 6.70. The SMILES string of the molecule is COc1ccc(CN(C[C@H]2CCCO2)C(=O)NC(C)(C)C)cc1OS(=O)(=O)c1cccc(C(F)(F)F)c1. The van der Waals surface area contributed by atoms with Crippen LogP contribution in [0.15, 0.2) is 47.4 Å². The number of halogens is 3. The summed E-state index contributed by atoms with van der Waals surface area (Å²) >= 11 is 0. The molecule has 2 aromatic rings. The Bertz CT molecular complexity index is 1210. The lowest BCUT2D eigenvalue weighted by Crippen LogP contribution is -2.50. The predicted molar refractivity (Wildman–Crippen MR) is 130 cm³/mol. The number of rotatable bonds is 8. The van der Waals surface area contributed by atoms with Gasteiger partial charge in [-0.05, 0) is 69.5 Å². The Morgan fingerprint density at radius 3 is 2.46 bits per heavy atom. The van der Waals surface area contributed by atoms with Crippen LogP contribution >= 0.6 is 0 Å². The maximum atomic E-state index is 13.1. The van der Waals surface area contributed by atoms with E-state index in [1.807, 2.05) is 20.8 Å². The van der Waals surface area contributed by atoms with Gasteiger partial charge in [-0.25, -0.2) is 4.79 Å². The molecule has 1 aliphatic rings. The highest BCUT2D eigenvalue weighted by Crippen LogP contribution is 2.34. The van der Waals surface area contributed by atoms with Crippen molar-refractivity contribution >= 4 is 16.1 Å². The lowest BCUT2D eigenvalue weighted by atomic mass is 10.1. The fraction of sp³-hybridized carbons (Fsp3) is 0.480. The van der Waals surface area contributed by atoms with Gasteiger partial charge in [-0.3, -0.25) is 0 Å². The molecule has 12 heteroatoms. The number of hydrogen-bond donors (Lipinski definition) is 1. The van der Waals surface area contributed by atoms with E-state index < -0.39 is 32.3 Å². The molecule has 8 nitrogen and oxygen atoms in total. The predicted octanol–water partition coefficient (Wildman–Crippen LogP) is 4.97. The van der Waals surface area contributed by atoms with Crippen LogP contribution in [0.3, 0.4) is 0 Å². The second-order valence-corrected chi connectivity index (χ2v) is 11.3. The van der Waals surface area contributed by atoms with E-state index in [9.17, 15) is 26.4 Å². The minimum Gasteiger partial charge on any atom is -0.493 e. The molecule has 0 unspecified atom stereocenters. The minimum atomic E-state index is -4.72. The lowest BCUT2D eigenvalue weighted by molar-refractivity contribution is -0.137. The maximum absolute atomic E-state index is 13.1. The molecule has 1 saturated heterocycles. The van der Waals surface area contributed by atoms with Gasteiger partial charge >= 0.3 is 22.3 Å². The van der Waals surface area contributed by atoms with Gasteiger partial charge in [0.2, 0.25) is 0 Å². The Balaban J connectivity index is 1.88. The van der Waals surface area contributed by atoms with Crippen molar-refractivity contribution in [1.29, 1.82) is 0 Å². The Labute approximate surface area is 214 Å². The van der Waals surface area contributed by atoms with Crippen molar-refractivity contribution in [2.45, 2.75) is 62.9 Å². The number of ether oxygens (including phenoxy) is 2. The number of alkyl halides is 3. The minimum absolute atomic E-state index is 0.0594. The number of amides is 2. The Hall–Kier alpha value is -2.99. The molecule has 3 rings (SSSR count). The van der Waals surface area contributed by atoms with E-state index in [0.29, 0.717) is 24.8 Å². The van der Waals surface area contributed by atoms with Crippen LogP contribution in [0.2, 0.25) is 0 Å². The van der Waals surface area contributed by atoms with Crippen LogP contribution in [-0.2, 0) is 27.6 Å². The molecule has 37 heavy (non-hydrogen) atoms. The molecular formula is C25H31F3N2O6S. The zero-order valence-electron chi connectivity index (χ0n) is 21.1. The molecule has 0 aromatic heterocycles. The third kappa shape index (κ3) is 8.00. The molecule has 1 N–H and O–H groups in total. The quantitative estimate of drug-likeness (QED) is 0.472. The van der Waals surface area contributed by atoms with Crippen LogP contribution in [0.5, 0.6) is 11.5 Å². The first kappa shape index (κ1) is 28.6. The zero-order chi connectivity index (χ0) is 27.4. The molecule has 2 amide bonds. The summed E-state index contributed by atoms with van der Waals surface area (Å²) in [6.45, 7) is 6.61. The molecule has 1 fully saturated rings. The molecule has 0 radical (unpaired) electrons. The van der Waals surface area contributed by atoms with Crippen molar-refractivity contribution in [3.05, 3.63) is 53.6 Å². The van der Waals surface area contributed by atoms with E-state index in [0.717, 1.165) is 31.0 Å². The number of methoxy groups -OCH3 is 1. The lowest BCUT2D eigenvalue weighted by Gasteiger charge is -2.30. The van der Waals surface area contributed by atoms with Gasteiger partial charge in [0.05, 0.1) is 18.8 Å². The summed E-state index contributed by atoms with van der Waals surface area (Å²) in [5.74, 6) is -0.158. The van der Waals surface area contributed by atoms with Gasteiger partial charge < -0.3 is 23.9 Å². The van der Waals surface area contributed by atoms with Gasteiger partial charge in [0.1, 0.15) is 4.90 Å². The van der Waals surface area contributed by atoms with Crippen LogP contribution in [0.25, 0.3) is 0 Å². The number of carbonyl (C=O) groups is 1. The zero-order valence-corrected chi connectivity index (χ0v) is 21.9. The molecule has 0 spiro atoms. The number of hydrogen-bond acceptors (Lipinski definition) is 6. The largest absolute Gasteiger partial charge is 0.493 e. The number of benzene rings is 2. The third-order valence-electron chi connectivity index (χ3n) is 5.47. The molecule has 1 aliphatic heterocycles. The van der Waals surface area contributed by atoms with Crippen LogP contribution < -0.4 is 14.2 Å². The number of nitrogens with zero attached hydrogens (tertiary/aromatic N) is 1. The van der Waals surface area contributed by atoms with Crippen LogP contribution in [0.1, 0.15) is 44.7 Å². The van der Waals surface area contributed by atoms with Gasteiger partial charge in [0, 0.05) is 25.2 Å². The maximum Gasteiger partial charge on any atom is 0.416 e. The molecule has 204 valence electrons. The average molecular weight is 545 g/mol. The molecule has 0 saturated carbocycles. The van der Waals surface area contributed by atoms with E-state index in [1.54, 1.807) is 11.0 Å². The summed E-state index contributed by atoms with van der Waals surface area (Å²) in [5, 5.41) is 2.92. The number of urea groups is 1. The topological polar surface area (TPSA) is 94.2 Å². The summed E-state index contributed by atoms with van der Waals surface area (Å²) in [6, 6.07) is 7.46. The van der Waals surface area contributed by atoms with Crippen LogP contribution in [-0.4, -0.2) is 51.3 Å². The molecule has 1 heterocycles. The van der Waals surface area contributed by atoms with Gasteiger partial charge in [-0.2, -0.15) is 21.6 Å². The molecule has 0 aliphatic carbocycles. The second kappa shape index (κ2) is 11.2. The van der Waals surface area contributed by atoms with Gasteiger partial charge in [0.15, 0.2) is 11.5 Å². The van der Waals surface area contributed by atoms with Crippen molar-refractivity contribution in [1.82, 2.24) is 10.2 Å². The summed E-state index contributed by atoms with van der Waals surface area (Å²) in [7, 11) is -3.32. The van der Waals surface area contributed by atoms with Crippen LogP contribution in [0.4, 0.5) is 18.0 Å². The molecule has 0 bridgehead atoms. The Kier molecular flexibility index (Phi) is 8.63. The second-order valence-electron chi connectivity index (χ2n) is 9.74. The van der Waals surface area contributed by atoms with E-state index >= 15 is 0 Å².